The van der Waals surface area contributed by atoms with Crippen molar-refractivity contribution in [2.24, 2.45) is 23.2 Å². The third-order valence-corrected chi connectivity index (χ3v) is 9.37. The molecule has 3 aliphatic carbocycles. The summed E-state index contributed by atoms with van der Waals surface area (Å²) in [6, 6.07) is 0. The molecule has 3 heterocycles. The molecule has 9 atom stereocenters. The van der Waals surface area contributed by atoms with Crippen LogP contribution in [-0.4, -0.2) is 76.3 Å². The first kappa shape index (κ1) is 23.2. The zero-order valence-corrected chi connectivity index (χ0v) is 20.5. The van der Waals surface area contributed by atoms with Gasteiger partial charge in [-0.25, -0.2) is 0 Å². The van der Waals surface area contributed by atoms with Crippen molar-refractivity contribution >= 4 is 0 Å². The average Bonchev–Trinajstić information content (AvgIpc) is 3.71. The summed E-state index contributed by atoms with van der Waals surface area (Å²) in [6.07, 6.45) is 15.1. The van der Waals surface area contributed by atoms with Gasteiger partial charge in [-0.3, -0.25) is 0 Å². The molecule has 188 valence electrons. The molecule has 0 aromatic rings. The fourth-order valence-electron chi connectivity index (χ4n) is 6.67. The molecule has 0 aromatic heterocycles. The maximum Gasteiger partial charge on any atom is 0.0845 e. The quantitative estimate of drug-likeness (QED) is 0.382. The molecule has 6 fully saturated rings. The van der Waals surface area contributed by atoms with Crippen LogP contribution in [-0.2, 0) is 28.4 Å². The maximum absolute atomic E-state index is 6.37. The van der Waals surface area contributed by atoms with Crippen LogP contribution in [0.4, 0.5) is 0 Å². The second kappa shape index (κ2) is 10.0. The molecule has 0 radical (unpaired) electrons. The Morgan fingerprint density at radius 2 is 0.909 bits per heavy atom. The largest absolute Gasteiger partial charge is 0.380 e. The van der Waals surface area contributed by atoms with Crippen molar-refractivity contribution in [3.8, 4) is 0 Å². The Morgan fingerprint density at radius 3 is 1.21 bits per heavy atom. The molecule has 6 nitrogen and oxygen atoms in total. The van der Waals surface area contributed by atoms with Gasteiger partial charge in [-0.15, -0.1) is 0 Å². The molecule has 0 bridgehead atoms. The molecule has 0 aromatic carbocycles. The lowest BCUT2D eigenvalue weighted by molar-refractivity contribution is -0.0874. The minimum atomic E-state index is -0.0617. The number of rotatable bonds is 13. The van der Waals surface area contributed by atoms with Crippen LogP contribution >= 0.6 is 0 Å². The minimum absolute atomic E-state index is 0.0617. The third-order valence-electron chi connectivity index (χ3n) is 9.37. The summed E-state index contributed by atoms with van der Waals surface area (Å²) < 4.78 is 36.2. The lowest BCUT2D eigenvalue weighted by atomic mass is 9.86. The maximum atomic E-state index is 6.37. The Labute approximate surface area is 199 Å². The van der Waals surface area contributed by atoms with Gasteiger partial charge in [0.05, 0.1) is 56.4 Å². The zero-order chi connectivity index (χ0) is 22.3. The summed E-state index contributed by atoms with van der Waals surface area (Å²) >= 11 is 0. The standard InChI is InChI=1S/C27H44O6/c1-2-27(15-28-12-18-3-6-21-24(9-18)31-21,16-29-13-19-4-7-22-25(10-19)32-22)17-30-14-20-5-8-23-26(11-20)33-23/h18-26H,2-17H2,1H3. The van der Waals surface area contributed by atoms with E-state index in [1.165, 1.54) is 57.8 Å². The molecule has 0 amide bonds. The Balaban J connectivity index is 0.975. The number of hydrogen-bond acceptors (Lipinski definition) is 6. The van der Waals surface area contributed by atoms with Crippen molar-refractivity contribution < 1.29 is 28.4 Å². The summed E-state index contributed by atoms with van der Waals surface area (Å²) in [5.41, 5.74) is -0.0617. The van der Waals surface area contributed by atoms with E-state index in [0.717, 1.165) is 46.1 Å². The monoisotopic (exact) mass is 464 g/mol. The third kappa shape index (κ3) is 5.95. The van der Waals surface area contributed by atoms with Crippen LogP contribution in [0, 0.1) is 23.2 Å². The normalized spacial score (nSPS) is 44.8. The molecular weight excluding hydrogens is 420 g/mol. The van der Waals surface area contributed by atoms with Crippen LogP contribution in [0.2, 0.25) is 0 Å². The Hall–Kier alpha value is -0.240. The van der Waals surface area contributed by atoms with Gasteiger partial charge in [-0.1, -0.05) is 6.92 Å². The van der Waals surface area contributed by atoms with Crippen molar-refractivity contribution in [1.29, 1.82) is 0 Å². The van der Waals surface area contributed by atoms with E-state index < -0.39 is 0 Å². The van der Waals surface area contributed by atoms with E-state index in [9.17, 15) is 0 Å². The summed E-state index contributed by atoms with van der Waals surface area (Å²) in [7, 11) is 0. The van der Waals surface area contributed by atoms with Crippen molar-refractivity contribution in [3.05, 3.63) is 0 Å². The molecule has 6 heteroatoms. The van der Waals surface area contributed by atoms with Crippen molar-refractivity contribution in [3.63, 3.8) is 0 Å². The molecule has 6 aliphatic rings. The fraction of sp³-hybridized carbons (Fsp3) is 1.00. The summed E-state index contributed by atoms with van der Waals surface area (Å²) in [6.45, 7) is 7.00. The van der Waals surface area contributed by atoms with E-state index in [-0.39, 0.29) is 5.41 Å². The minimum Gasteiger partial charge on any atom is -0.380 e. The first-order valence-electron chi connectivity index (χ1n) is 13.9. The van der Waals surface area contributed by atoms with E-state index in [2.05, 4.69) is 6.92 Å². The van der Waals surface area contributed by atoms with Gasteiger partial charge in [0.1, 0.15) is 0 Å². The van der Waals surface area contributed by atoms with Gasteiger partial charge in [-0.05, 0) is 82.0 Å². The number of ether oxygens (including phenoxy) is 6. The number of fused-ring (bicyclic) bond motifs is 3. The van der Waals surface area contributed by atoms with E-state index >= 15 is 0 Å². The van der Waals surface area contributed by atoms with Gasteiger partial charge in [0.15, 0.2) is 0 Å². The van der Waals surface area contributed by atoms with Crippen LogP contribution in [0.5, 0.6) is 0 Å². The highest BCUT2D eigenvalue weighted by Crippen LogP contribution is 2.41. The Morgan fingerprint density at radius 1 is 0.545 bits per heavy atom. The smallest absolute Gasteiger partial charge is 0.0845 e. The van der Waals surface area contributed by atoms with Crippen molar-refractivity contribution in [2.45, 2.75) is 108 Å². The second-order valence-electron chi connectivity index (χ2n) is 12.1. The van der Waals surface area contributed by atoms with Crippen LogP contribution in [0.15, 0.2) is 0 Å². The second-order valence-corrected chi connectivity index (χ2v) is 12.1. The van der Waals surface area contributed by atoms with Gasteiger partial charge >= 0.3 is 0 Å². The van der Waals surface area contributed by atoms with Gasteiger partial charge < -0.3 is 28.4 Å². The topological polar surface area (TPSA) is 65.3 Å². The molecule has 3 saturated carbocycles. The predicted octanol–water partition coefficient (Wildman–Crippen LogP) is 4.14. The summed E-state index contributed by atoms with van der Waals surface area (Å²) in [4.78, 5) is 0. The Kier molecular flexibility index (Phi) is 7.04. The first-order chi connectivity index (χ1) is 16.2. The summed E-state index contributed by atoms with van der Waals surface area (Å²) in [5.74, 6) is 1.94. The SMILES string of the molecule is CCC(COCC1CCC2OC2C1)(COCC1CCC2OC2C1)COCC1CCC2OC2C1. The Bertz CT molecular complexity index is 573. The molecule has 9 unspecified atom stereocenters. The van der Waals surface area contributed by atoms with Gasteiger partial charge in [0, 0.05) is 25.2 Å². The fourth-order valence-corrected chi connectivity index (χ4v) is 6.67. The van der Waals surface area contributed by atoms with E-state index in [0.29, 0.717) is 54.4 Å². The van der Waals surface area contributed by atoms with Crippen molar-refractivity contribution in [1.82, 2.24) is 0 Å². The molecule has 3 saturated heterocycles. The lowest BCUT2D eigenvalue weighted by Gasteiger charge is -2.34. The highest BCUT2D eigenvalue weighted by atomic mass is 16.6. The van der Waals surface area contributed by atoms with Gasteiger partial charge in [-0.2, -0.15) is 0 Å². The molecule has 3 aliphatic heterocycles. The first-order valence-corrected chi connectivity index (χ1v) is 13.9. The molecule has 33 heavy (non-hydrogen) atoms. The van der Waals surface area contributed by atoms with Crippen LogP contribution in [0.1, 0.15) is 71.1 Å². The molecule has 6 rings (SSSR count). The van der Waals surface area contributed by atoms with E-state index in [1.807, 2.05) is 0 Å². The summed E-state index contributed by atoms with van der Waals surface area (Å²) in [5, 5.41) is 0. The molecular formula is C27H44O6. The van der Waals surface area contributed by atoms with Crippen LogP contribution < -0.4 is 0 Å². The average molecular weight is 465 g/mol. The molecule has 0 N–H and O–H groups in total. The molecule has 0 spiro atoms. The van der Waals surface area contributed by atoms with Crippen molar-refractivity contribution in [2.75, 3.05) is 39.6 Å². The van der Waals surface area contributed by atoms with Crippen LogP contribution in [0.3, 0.4) is 0 Å². The number of epoxide rings is 3. The van der Waals surface area contributed by atoms with E-state index in [4.69, 9.17) is 28.4 Å². The van der Waals surface area contributed by atoms with E-state index in [1.54, 1.807) is 0 Å². The lowest BCUT2D eigenvalue weighted by Crippen LogP contribution is -2.39. The predicted molar refractivity (Wildman–Crippen MR) is 123 cm³/mol. The van der Waals surface area contributed by atoms with Gasteiger partial charge in [0.25, 0.3) is 0 Å². The highest BCUT2D eigenvalue weighted by molar-refractivity contribution is 4.93. The van der Waals surface area contributed by atoms with Crippen LogP contribution in [0.25, 0.3) is 0 Å². The van der Waals surface area contributed by atoms with Gasteiger partial charge in [0.2, 0.25) is 0 Å². The zero-order valence-electron chi connectivity index (χ0n) is 20.5. The highest BCUT2D eigenvalue weighted by Gasteiger charge is 2.46. The number of hydrogen-bond donors (Lipinski definition) is 0.